The molecule has 0 fully saturated rings. The number of halogens is 4. The van der Waals surface area contributed by atoms with Crippen LogP contribution in [-0.4, -0.2) is 78.7 Å². The molecule has 8 bridgehead atoms. The number of carbonyl (C=O) groups is 4. The Bertz CT molecular complexity index is 1780. The van der Waals surface area contributed by atoms with Crippen molar-refractivity contribution in [3.8, 4) is 23.0 Å². The minimum atomic E-state index is -0.606. The first kappa shape index (κ1) is 44.4. The van der Waals surface area contributed by atoms with Gasteiger partial charge in [-0.05, 0) is 48.5 Å². The maximum Gasteiger partial charge on any atom is 0.343 e. The van der Waals surface area contributed by atoms with Crippen LogP contribution in [0.4, 0.5) is 0 Å². The third-order valence-corrected chi connectivity index (χ3v) is 13.1. The number of benzene rings is 4. The van der Waals surface area contributed by atoms with E-state index in [-0.39, 0.29) is 0 Å². The van der Waals surface area contributed by atoms with E-state index in [2.05, 4.69) is 63.7 Å². The van der Waals surface area contributed by atoms with E-state index in [4.69, 9.17) is 37.9 Å². The van der Waals surface area contributed by atoms with Crippen LogP contribution in [0.25, 0.3) is 0 Å². The Hall–Kier alpha value is -2.72. The van der Waals surface area contributed by atoms with Crippen LogP contribution in [0.3, 0.4) is 0 Å². The first-order chi connectivity index (χ1) is 26.8. The summed E-state index contributed by atoms with van der Waals surface area (Å²) in [7, 11) is 5.05. The smallest absolute Gasteiger partial charge is 0.343 e. The summed E-state index contributed by atoms with van der Waals surface area (Å²) in [5, 5.41) is 0. The molecule has 1 aliphatic rings. The van der Waals surface area contributed by atoms with Crippen molar-refractivity contribution in [2.24, 2.45) is 0 Å². The van der Waals surface area contributed by atoms with Crippen molar-refractivity contribution < 1.29 is 57.1 Å². The summed E-state index contributed by atoms with van der Waals surface area (Å²) in [4.78, 5) is 54.2. The second kappa shape index (κ2) is 20.8. The molecular formula is C36H28Br4O12S4. The molecule has 0 saturated carbocycles. The average molecular weight is 1100 g/mol. The molecule has 0 atom stereocenters. The highest BCUT2D eigenvalue weighted by Crippen LogP contribution is 2.55. The van der Waals surface area contributed by atoms with Crippen molar-refractivity contribution in [2.75, 3.05) is 54.9 Å². The lowest BCUT2D eigenvalue weighted by Crippen LogP contribution is -2.14. The van der Waals surface area contributed by atoms with Gasteiger partial charge in [-0.3, -0.25) is 0 Å². The molecule has 20 heteroatoms. The van der Waals surface area contributed by atoms with Gasteiger partial charge in [-0.25, -0.2) is 19.2 Å². The number of hydrogen-bond acceptors (Lipinski definition) is 16. The normalized spacial score (nSPS) is 11.9. The minimum absolute atomic E-state index is 0.328. The van der Waals surface area contributed by atoms with Gasteiger partial charge >= 0.3 is 23.9 Å². The number of hydrogen-bond donors (Lipinski definition) is 0. The molecule has 12 nitrogen and oxygen atoms in total. The van der Waals surface area contributed by atoms with Gasteiger partial charge in [0.05, 0.1) is 67.6 Å². The number of carbonyl (C=O) groups excluding carboxylic acids is 4. The Morgan fingerprint density at radius 2 is 0.536 bits per heavy atom. The van der Waals surface area contributed by atoms with E-state index in [0.717, 1.165) is 0 Å². The molecule has 1 aliphatic heterocycles. The highest BCUT2D eigenvalue weighted by Gasteiger charge is 2.26. The first-order valence-electron chi connectivity index (χ1n) is 15.7. The fourth-order valence-corrected chi connectivity index (χ4v) is 12.4. The van der Waals surface area contributed by atoms with Crippen molar-refractivity contribution >= 4 is 135 Å². The summed E-state index contributed by atoms with van der Waals surface area (Å²) in [6, 6.07) is 14.5. The van der Waals surface area contributed by atoms with Crippen LogP contribution in [0.1, 0.15) is 0 Å². The van der Waals surface area contributed by atoms with E-state index in [1.54, 1.807) is 0 Å². The molecule has 4 aromatic rings. The van der Waals surface area contributed by atoms with Crippen molar-refractivity contribution in [1.29, 1.82) is 0 Å². The number of esters is 4. The van der Waals surface area contributed by atoms with Gasteiger partial charge in [0, 0.05) is 17.9 Å². The van der Waals surface area contributed by atoms with Crippen LogP contribution in [0, 0.1) is 0 Å². The van der Waals surface area contributed by atoms with Crippen molar-refractivity contribution in [2.45, 2.75) is 39.2 Å². The van der Waals surface area contributed by atoms with Gasteiger partial charge in [-0.2, -0.15) is 0 Å². The van der Waals surface area contributed by atoms with Crippen LogP contribution in [0.2, 0.25) is 0 Å². The molecule has 0 spiro atoms. The Morgan fingerprint density at radius 3 is 0.679 bits per heavy atom. The molecule has 0 radical (unpaired) electrons. The standard InChI is InChI=1S/C36H28Br4O12S4/c1-45-29(41)13-49-33-21-5-17(37)6-22(33)54-24-8-19(39)10-26(35(24)51-15-31(43)47-3)56-28-12-20(40)11-27(36(28)52-16-32(44)48-4)55-25-9-18(38)7-23(53-21)34(25)50-14-30(42)46-2/h5-12H,13-16H2,1-4H3. The summed E-state index contributed by atoms with van der Waals surface area (Å²) in [6.07, 6.45) is 0. The van der Waals surface area contributed by atoms with Gasteiger partial charge in [-0.15, -0.1) is 0 Å². The van der Waals surface area contributed by atoms with Crippen LogP contribution >= 0.6 is 111 Å². The van der Waals surface area contributed by atoms with Crippen LogP contribution in [-0.2, 0) is 38.1 Å². The predicted molar refractivity (Wildman–Crippen MR) is 223 cm³/mol. The third kappa shape index (κ3) is 11.7. The molecule has 0 N–H and O–H groups in total. The van der Waals surface area contributed by atoms with Crippen LogP contribution in [0.15, 0.2) is 106 Å². The fraction of sp³-hybridized carbons (Fsp3) is 0.222. The highest BCUT2D eigenvalue weighted by molar-refractivity contribution is 9.11. The summed E-state index contributed by atoms with van der Waals surface area (Å²) in [5.41, 5.74) is 0. The lowest BCUT2D eigenvalue weighted by Gasteiger charge is -2.22. The summed E-state index contributed by atoms with van der Waals surface area (Å²) in [5.74, 6) is -1.11. The fourth-order valence-electron chi connectivity index (χ4n) is 4.59. The van der Waals surface area contributed by atoms with Gasteiger partial charge in [0.2, 0.25) is 0 Å². The van der Waals surface area contributed by atoms with Crippen LogP contribution < -0.4 is 18.9 Å². The molecule has 1 heterocycles. The molecule has 0 aromatic heterocycles. The maximum absolute atomic E-state index is 12.4. The van der Waals surface area contributed by atoms with Crippen molar-refractivity contribution in [3.05, 3.63) is 66.4 Å². The van der Waals surface area contributed by atoms with Crippen LogP contribution in [0.5, 0.6) is 23.0 Å². The molecule has 0 unspecified atom stereocenters. The molecule has 0 saturated heterocycles. The molecule has 56 heavy (non-hydrogen) atoms. The first-order valence-corrected chi connectivity index (χ1v) is 22.1. The van der Waals surface area contributed by atoms with Crippen molar-refractivity contribution in [3.63, 3.8) is 0 Å². The third-order valence-electron chi connectivity index (χ3n) is 7.07. The zero-order valence-electron chi connectivity index (χ0n) is 29.5. The molecule has 5 rings (SSSR count). The Labute approximate surface area is 371 Å². The Balaban J connectivity index is 1.84. The largest absolute Gasteiger partial charge is 0.480 e. The molecule has 296 valence electrons. The number of rotatable bonds is 12. The maximum atomic E-state index is 12.4. The Morgan fingerprint density at radius 1 is 0.375 bits per heavy atom. The van der Waals surface area contributed by atoms with Crippen molar-refractivity contribution in [1.82, 2.24) is 0 Å². The average Bonchev–Trinajstić information content (AvgIpc) is 3.15. The van der Waals surface area contributed by atoms with Gasteiger partial charge in [0.15, 0.2) is 26.4 Å². The number of fused-ring (bicyclic) bond motifs is 8. The SMILES string of the molecule is COC(=O)COc1c2cc(Br)cc1Sc1cc(Br)cc(c1OCC(=O)OC)Sc1cc(Br)cc(c1OCC(=O)OC)Sc1cc(Br)cc(c1OCC(=O)OC)S2. The number of ether oxygens (including phenoxy) is 8. The van der Waals surface area contributed by atoms with E-state index < -0.39 is 50.3 Å². The summed E-state index contributed by atoms with van der Waals surface area (Å²) < 4.78 is 47.0. The lowest BCUT2D eigenvalue weighted by atomic mass is 10.3. The van der Waals surface area contributed by atoms with E-state index in [1.807, 2.05) is 48.5 Å². The molecule has 0 aliphatic carbocycles. The highest BCUT2D eigenvalue weighted by atomic mass is 79.9. The van der Waals surface area contributed by atoms with Gasteiger partial charge in [0.25, 0.3) is 0 Å². The van der Waals surface area contributed by atoms with E-state index in [9.17, 15) is 19.2 Å². The minimum Gasteiger partial charge on any atom is -0.480 e. The number of methoxy groups -OCH3 is 4. The summed E-state index contributed by atoms with van der Waals surface area (Å²) >= 11 is 19.6. The summed E-state index contributed by atoms with van der Waals surface area (Å²) in [6.45, 7) is -1.64. The van der Waals surface area contributed by atoms with Gasteiger partial charge < -0.3 is 37.9 Å². The second-order valence-corrected chi connectivity index (χ2v) is 18.8. The predicted octanol–water partition coefficient (Wildman–Crippen LogP) is 9.86. The second-order valence-electron chi connectivity index (χ2n) is 10.8. The Kier molecular flexibility index (Phi) is 16.5. The van der Waals surface area contributed by atoms with Gasteiger partial charge in [-0.1, -0.05) is 111 Å². The van der Waals surface area contributed by atoms with E-state index >= 15 is 0 Å². The van der Waals surface area contributed by atoms with E-state index in [0.29, 0.717) is 80.1 Å². The topological polar surface area (TPSA) is 142 Å². The zero-order chi connectivity index (χ0) is 40.5. The van der Waals surface area contributed by atoms with Gasteiger partial charge in [0.1, 0.15) is 23.0 Å². The monoisotopic (exact) mass is 1100 g/mol. The lowest BCUT2D eigenvalue weighted by molar-refractivity contribution is -0.143. The molecule has 4 aromatic carbocycles. The molecule has 0 amide bonds. The quantitative estimate of drug-likeness (QED) is 0.0863. The molecular weight excluding hydrogens is 1070 g/mol. The zero-order valence-corrected chi connectivity index (χ0v) is 39.1. The van der Waals surface area contributed by atoms with E-state index in [1.165, 1.54) is 75.5 Å².